The van der Waals surface area contributed by atoms with E-state index in [4.69, 9.17) is 25.8 Å². The van der Waals surface area contributed by atoms with Gasteiger partial charge >= 0.3 is 5.97 Å². The minimum Gasteiger partial charge on any atom is -0.494 e. The Labute approximate surface area is 218 Å². The summed E-state index contributed by atoms with van der Waals surface area (Å²) in [6, 6.07) is 10.6. The summed E-state index contributed by atoms with van der Waals surface area (Å²) >= 11 is 6.35. The lowest BCUT2D eigenvalue weighted by Crippen LogP contribution is -2.29. The molecule has 3 rings (SSSR count). The topological polar surface area (TPSA) is 94.1 Å². The molecule has 0 bridgehead atoms. The Morgan fingerprint density at radius 2 is 1.89 bits per heavy atom. The van der Waals surface area contributed by atoms with Crippen LogP contribution in [0.4, 0.5) is 0 Å². The number of nitrogens with one attached hydrogen (secondary N) is 1. The molecule has 1 atom stereocenters. The van der Waals surface area contributed by atoms with E-state index in [1.165, 1.54) is 0 Å². The normalized spacial score (nSPS) is 14.6. The van der Waals surface area contributed by atoms with Crippen LogP contribution in [-0.2, 0) is 22.5 Å². The number of amides is 1. The van der Waals surface area contributed by atoms with Gasteiger partial charge in [0.1, 0.15) is 11.5 Å². The summed E-state index contributed by atoms with van der Waals surface area (Å²) in [5.41, 5.74) is 1.92. The van der Waals surface area contributed by atoms with Crippen molar-refractivity contribution in [2.75, 3.05) is 6.61 Å². The number of carboxylic acids is 1. The zero-order valence-electron chi connectivity index (χ0n) is 21.2. The summed E-state index contributed by atoms with van der Waals surface area (Å²) in [5.74, 6) is -0.0105. The third-order valence-corrected chi connectivity index (χ3v) is 6.26. The van der Waals surface area contributed by atoms with Crippen molar-refractivity contribution < 1.29 is 28.9 Å². The number of hydrogen-bond donors (Lipinski definition) is 2. The maximum atomic E-state index is 12.9. The van der Waals surface area contributed by atoms with Gasteiger partial charge in [0.25, 0.3) is 5.91 Å². The highest BCUT2D eigenvalue weighted by atomic mass is 35.5. The van der Waals surface area contributed by atoms with E-state index in [0.29, 0.717) is 28.7 Å². The Balaban J connectivity index is 1.76. The van der Waals surface area contributed by atoms with Gasteiger partial charge < -0.3 is 24.6 Å². The molecule has 1 aliphatic carbocycles. The summed E-state index contributed by atoms with van der Waals surface area (Å²) in [6.45, 7) is 6.42. The molecule has 2 aromatic rings. The number of benzene rings is 2. The van der Waals surface area contributed by atoms with Gasteiger partial charge in [-0.2, -0.15) is 0 Å². The van der Waals surface area contributed by atoms with Crippen molar-refractivity contribution in [3.8, 4) is 11.5 Å². The predicted molar refractivity (Wildman–Crippen MR) is 139 cm³/mol. The first-order valence-corrected chi connectivity index (χ1v) is 13.0. The quantitative estimate of drug-likeness (QED) is 0.348. The van der Waals surface area contributed by atoms with Gasteiger partial charge in [-0.1, -0.05) is 30.7 Å². The second-order valence-corrected chi connectivity index (χ2v) is 9.76. The number of carbonyl (C=O) groups excluding carboxylic acids is 1. The number of hydrogen-bond acceptors (Lipinski definition) is 5. The first kappa shape index (κ1) is 27.8. The average molecular weight is 518 g/mol. The number of carboxylic acid groups (broad SMARTS) is 1. The van der Waals surface area contributed by atoms with Crippen LogP contribution < -0.4 is 14.8 Å². The highest BCUT2D eigenvalue weighted by Gasteiger charge is 2.22. The Morgan fingerprint density at radius 1 is 1.14 bits per heavy atom. The molecule has 1 aliphatic rings. The molecule has 2 N–H and O–H groups in total. The summed E-state index contributed by atoms with van der Waals surface area (Å²) in [6.07, 6.45) is 4.34. The highest BCUT2D eigenvalue weighted by Crippen LogP contribution is 2.29. The van der Waals surface area contributed by atoms with E-state index in [-0.39, 0.29) is 31.1 Å². The maximum absolute atomic E-state index is 12.9. The summed E-state index contributed by atoms with van der Waals surface area (Å²) < 4.78 is 17.4. The van der Waals surface area contributed by atoms with Crippen LogP contribution >= 0.6 is 11.6 Å². The van der Waals surface area contributed by atoms with Crippen LogP contribution in [0.3, 0.4) is 0 Å². The van der Waals surface area contributed by atoms with E-state index >= 15 is 0 Å². The standard InChI is InChI=1S/C28H36ClNO6/c1-4-13-34-22-10-11-23(24(29)16-22)27(31)30-17-20-14-19(15-26(28(32)33)35-18(2)3)9-12-25(20)36-21-7-5-6-8-21/h9-12,14,16,18,21,26H,4-8,13,15,17H2,1-3H3,(H,30,31)(H,32,33). The summed E-state index contributed by atoms with van der Waals surface area (Å²) in [7, 11) is 0. The van der Waals surface area contributed by atoms with E-state index < -0.39 is 12.1 Å². The van der Waals surface area contributed by atoms with Gasteiger partial charge in [0.15, 0.2) is 6.10 Å². The fraction of sp³-hybridized carbons (Fsp3) is 0.500. The molecule has 0 heterocycles. The molecule has 2 aromatic carbocycles. The molecular weight excluding hydrogens is 482 g/mol. The SMILES string of the molecule is CCCOc1ccc(C(=O)NCc2cc(CC(OC(C)C)C(=O)O)ccc2OC2CCCC2)c(Cl)c1. The van der Waals surface area contributed by atoms with Gasteiger partial charge in [-0.05, 0) is 75.8 Å². The number of aliphatic carboxylic acids is 1. The molecule has 1 unspecified atom stereocenters. The van der Waals surface area contributed by atoms with Crippen molar-refractivity contribution in [1.29, 1.82) is 0 Å². The second kappa shape index (κ2) is 13.5. The van der Waals surface area contributed by atoms with Crippen molar-refractivity contribution in [3.05, 3.63) is 58.1 Å². The second-order valence-electron chi connectivity index (χ2n) is 9.36. The smallest absolute Gasteiger partial charge is 0.333 e. The van der Waals surface area contributed by atoms with Crippen molar-refractivity contribution >= 4 is 23.5 Å². The van der Waals surface area contributed by atoms with Crippen LogP contribution in [0.25, 0.3) is 0 Å². The maximum Gasteiger partial charge on any atom is 0.333 e. The van der Waals surface area contributed by atoms with E-state index in [0.717, 1.165) is 43.2 Å². The average Bonchev–Trinajstić information content (AvgIpc) is 3.35. The van der Waals surface area contributed by atoms with Gasteiger partial charge in [0.2, 0.25) is 0 Å². The largest absolute Gasteiger partial charge is 0.494 e. The van der Waals surface area contributed by atoms with Gasteiger partial charge in [-0.15, -0.1) is 0 Å². The van der Waals surface area contributed by atoms with Crippen molar-refractivity contribution in [3.63, 3.8) is 0 Å². The molecule has 0 saturated heterocycles. The molecule has 36 heavy (non-hydrogen) atoms. The molecular formula is C28H36ClNO6. The first-order valence-electron chi connectivity index (χ1n) is 12.6. The summed E-state index contributed by atoms with van der Waals surface area (Å²) in [4.78, 5) is 24.6. The fourth-order valence-corrected chi connectivity index (χ4v) is 4.45. The fourth-order valence-electron chi connectivity index (χ4n) is 4.20. The van der Waals surface area contributed by atoms with Crippen molar-refractivity contribution in [2.45, 2.75) is 84.2 Å². The zero-order valence-corrected chi connectivity index (χ0v) is 22.0. The van der Waals surface area contributed by atoms with Crippen LogP contribution in [0.5, 0.6) is 11.5 Å². The van der Waals surface area contributed by atoms with Crippen LogP contribution in [0.1, 0.15) is 74.4 Å². The minimum atomic E-state index is -1.01. The first-order chi connectivity index (χ1) is 17.3. The Kier molecular flexibility index (Phi) is 10.4. The highest BCUT2D eigenvalue weighted by molar-refractivity contribution is 6.34. The van der Waals surface area contributed by atoms with Crippen molar-refractivity contribution in [1.82, 2.24) is 5.32 Å². The molecule has 1 amide bonds. The van der Waals surface area contributed by atoms with Gasteiger partial charge in [-0.25, -0.2) is 4.79 Å². The molecule has 0 aliphatic heterocycles. The Bertz CT molecular complexity index is 1030. The van der Waals surface area contributed by atoms with Gasteiger partial charge in [0.05, 0.1) is 29.4 Å². The number of halogens is 1. The molecule has 1 saturated carbocycles. The lowest BCUT2D eigenvalue weighted by Gasteiger charge is -2.20. The predicted octanol–water partition coefficient (Wildman–Crippen LogP) is 5.80. The van der Waals surface area contributed by atoms with Crippen LogP contribution in [0.15, 0.2) is 36.4 Å². The number of rotatable bonds is 13. The third-order valence-electron chi connectivity index (χ3n) is 5.95. The molecule has 7 nitrogen and oxygen atoms in total. The number of ether oxygens (including phenoxy) is 3. The molecule has 0 spiro atoms. The van der Waals surface area contributed by atoms with E-state index in [2.05, 4.69) is 5.32 Å². The monoisotopic (exact) mass is 517 g/mol. The minimum absolute atomic E-state index is 0.145. The molecule has 0 aromatic heterocycles. The number of carbonyl (C=O) groups is 2. The van der Waals surface area contributed by atoms with Crippen LogP contribution in [0.2, 0.25) is 5.02 Å². The van der Waals surface area contributed by atoms with Gasteiger partial charge in [0, 0.05) is 18.5 Å². The van der Waals surface area contributed by atoms with Crippen LogP contribution in [0, 0.1) is 0 Å². The molecule has 196 valence electrons. The lowest BCUT2D eigenvalue weighted by molar-refractivity contribution is -0.153. The van der Waals surface area contributed by atoms with Gasteiger partial charge in [-0.3, -0.25) is 4.79 Å². The molecule has 0 radical (unpaired) electrons. The molecule has 1 fully saturated rings. The Morgan fingerprint density at radius 3 is 2.53 bits per heavy atom. The van der Waals surface area contributed by atoms with Crippen molar-refractivity contribution in [2.24, 2.45) is 0 Å². The zero-order chi connectivity index (χ0) is 26.1. The van der Waals surface area contributed by atoms with E-state index in [1.54, 1.807) is 18.2 Å². The van der Waals surface area contributed by atoms with E-state index in [9.17, 15) is 14.7 Å². The third kappa shape index (κ3) is 8.14. The Hall–Kier alpha value is -2.77. The van der Waals surface area contributed by atoms with Crippen LogP contribution in [-0.4, -0.2) is 41.9 Å². The summed E-state index contributed by atoms with van der Waals surface area (Å²) in [5, 5.41) is 12.8. The molecule has 8 heteroatoms. The van der Waals surface area contributed by atoms with E-state index in [1.807, 2.05) is 39.0 Å². The lowest BCUT2D eigenvalue weighted by atomic mass is 10.0.